The largest absolute Gasteiger partial charge is 0.302 e. The molecule has 0 radical (unpaired) electrons. The van der Waals surface area contributed by atoms with Crippen LogP contribution in [0.25, 0.3) is 0 Å². The van der Waals surface area contributed by atoms with Crippen molar-refractivity contribution in [2.24, 2.45) is 11.8 Å². The number of halogens is 1. The zero-order valence-corrected chi connectivity index (χ0v) is 8.11. The second kappa shape index (κ2) is 3.73. The lowest BCUT2D eigenvalue weighted by Crippen LogP contribution is -2.23. The van der Waals surface area contributed by atoms with Crippen molar-refractivity contribution in [3.05, 3.63) is 0 Å². The van der Waals surface area contributed by atoms with Crippen molar-refractivity contribution < 1.29 is 12.3 Å². The minimum atomic E-state index is -4.26. The highest BCUT2D eigenvalue weighted by atomic mass is 32.3. The smallest absolute Gasteiger partial charge is 0.195 e. The quantitative estimate of drug-likeness (QED) is 0.631. The summed E-state index contributed by atoms with van der Waals surface area (Å²) in [5.74, 6) is 0.145. The van der Waals surface area contributed by atoms with Gasteiger partial charge in [0.25, 0.3) is 0 Å². The summed E-state index contributed by atoms with van der Waals surface area (Å²) in [6, 6.07) is 0. The summed E-state index contributed by atoms with van der Waals surface area (Å²) in [5, 5.41) is 0. The van der Waals surface area contributed by atoms with Crippen LogP contribution in [0.1, 0.15) is 32.6 Å². The van der Waals surface area contributed by atoms with Crippen molar-refractivity contribution in [1.82, 2.24) is 0 Å². The van der Waals surface area contributed by atoms with E-state index in [1.165, 1.54) is 0 Å². The fourth-order valence-electron chi connectivity index (χ4n) is 1.90. The van der Waals surface area contributed by atoms with Crippen molar-refractivity contribution in [3.63, 3.8) is 0 Å². The number of hydrogen-bond acceptors (Lipinski definition) is 2. The normalized spacial score (nSPS) is 31.8. The Morgan fingerprint density at radius 2 is 1.92 bits per heavy atom. The predicted octanol–water partition coefficient (Wildman–Crippen LogP) is 2.11. The van der Waals surface area contributed by atoms with Crippen molar-refractivity contribution >= 4 is 10.2 Å². The monoisotopic (exact) mass is 194 g/mol. The van der Waals surface area contributed by atoms with E-state index in [0.717, 1.165) is 25.7 Å². The second-order valence-electron chi connectivity index (χ2n) is 3.73. The minimum absolute atomic E-state index is 0.0498. The van der Waals surface area contributed by atoms with Gasteiger partial charge in [-0.3, -0.25) is 0 Å². The zero-order chi connectivity index (χ0) is 9.19. The van der Waals surface area contributed by atoms with Crippen molar-refractivity contribution in [1.29, 1.82) is 0 Å². The molecule has 12 heavy (non-hydrogen) atoms. The van der Waals surface area contributed by atoms with Gasteiger partial charge in [-0.25, -0.2) is 0 Å². The lowest BCUT2D eigenvalue weighted by atomic mass is 9.82. The van der Waals surface area contributed by atoms with E-state index in [1.54, 1.807) is 0 Å². The van der Waals surface area contributed by atoms with Gasteiger partial charge < -0.3 is 0 Å². The molecule has 0 bridgehead atoms. The van der Waals surface area contributed by atoms with E-state index < -0.39 is 10.2 Å². The first kappa shape index (κ1) is 9.96. The van der Waals surface area contributed by atoms with Gasteiger partial charge >= 0.3 is 10.2 Å². The predicted molar refractivity (Wildman–Crippen MR) is 46.0 cm³/mol. The van der Waals surface area contributed by atoms with Crippen LogP contribution in [0.2, 0.25) is 0 Å². The first-order chi connectivity index (χ1) is 5.49. The number of hydrogen-bond donors (Lipinski definition) is 0. The molecule has 1 rings (SSSR count). The molecule has 1 fully saturated rings. The molecule has 0 amide bonds. The fraction of sp³-hybridized carbons (Fsp3) is 1.00. The molecule has 0 aromatic heterocycles. The molecule has 4 heteroatoms. The molecule has 1 aliphatic rings. The molecule has 2 atom stereocenters. The molecule has 72 valence electrons. The van der Waals surface area contributed by atoms with Crippen LogP contribution in [0.3, 0.4) is 0 Å². The molecule has 0 aromatic carbocycles. The molecule has 0 heterocycles. The Morgan fingerprint density at radius 1 is 1.33 bits per heavy atom. The first-order valence-corrected chi connectivity index (χ1v) is 5.96. The van der Waals surface area contributed by atoms with Crippen LogP contribution < -0.4 is 0 Å². The van der Waals surface area contributed by atoms with Gasteiger partial charge in [0.1, 0.15) is 0 Å². The van der Waals surface area contributed by atoms with Gasteiger partial charge in [0.15, 0.2) is 0 Å². The van der Waals surface area contributed by atoms with Crippen LogP contribution in [-0.4, -0.2) is 14.2 Å². The summed E-state index contributed by atoms with van der Waals surface area (Å²) < 4.78 is 33.1. The van der Waals surface area contributed by atoms with Gasteiger partial charge in [-0.2, -0.15) is 8.42 Å². The molecular weight excluding hydrogens is 179 g/mol. The fourth-order valence-corrected chi connectivity index (χ4v) is 2.90. The molecule has 0 N–H and O–H groups in total. The number of rotatable bonds is 2. The van der Waals surface area contributed by atoms with Gasteiger partial charge in [-0.1, -0.05) is 26.2 Å². The van der Waals surface area contributed by atoms with E-state index in [4.69, 9.17) is 0 Å². The summed E-state index contributed by atoms with van der Waals surface area (Å²) in [7, 11) is -4.26. The highest BCUT2D eigenvalue weighted by Gasteiger charge is 2.26. The molecule has 1 aliphatic carbocycles. The standard InChI is InChI=1S/C8H15FO2S/c1-7-4-2-3-5-8(7)6-12(9,10)11/h7-8H,2-6H2,1H3. The van der Waals surface area contributed by atoms with Crippen molar-refractivity contribution in [2.75, 3.05) is 5.75 Å². The Hall–Kier alpha value is -0.120. The minimum Gasteiger partial charge on any atom is -0.195 e. The molecular formula is C8H15FO2S. The second-order valence-corrected chi connectivity index (χ2v) is 5.14. The van der Waals surface area contributed by atoms with Gasteiger partial charge in [-0.05, 0) is 18.3 Å². The summed E-state index contributed by atoms with van der Waals surface area (Å²) in [6.07, 6.45) is 4.11. The van der Waals surface area contributed by atoms with Gasteiger partial charge in [0, 0.05) is 0 Å². The molecule has 0 spiro atoms. The maximum Gasteiger partial charge on any atom is 0.302 e. The van der Waals surface area contributed by atoms with Crippen LogP contribution in [0, 0.1) is 11.8 Å². The molecule has 1 saturated carbocycles. The van der Waals surface area contributed by atoms with E-state index in [9.17, 15) is 12.3 Å². The molecule has 0 saturated heterocycles. The summed E-state index contributed by atoms with van der Waals surface area (Å²) in [5.41, 5.74) is 0. The molecule has 2 nitrogen and oxygen atoms in total. The lowest BCUT2D eigenvalue weighted by molar-refractivity contribution is 0.277. The Bertz CT molecular complexity index is 235. The highest BCUT2D eigenvalue weighted by molar-refractivity contribution is 7.86. The average Bonchev–Trinajstić information content (AvgIpc) is 1.91. The summed E-state index contributed by atoms with van der Waals surface area (Å²) in [6.45, 7) is 2.01. The van der Waals surface area contributed by atoms with Crippen LogP contribution >= 0.6 is 0 Å². The Labute approximate surface area is 73.4 Å². The SMILES string of the molecule is CC1CCCCC1CS(=O)(=O)F. The summed E-state index contributed by atoms with van der Waals surface area (Å²) >= 11 is 0. The third-order valence-corrected chi connectivity index (χ3v) is 3.53. The Morgan fingerprint density at radius 3 is 2.42 bits per heavy atom. The van der Waals surface area contributed by atoms with Crippen LogP contribution in [-0.2, 0) is 10.2 Å². The van der Waals surface area contributed by atoms with E-state index >= 15 is 0 Å². The third kappa shape index (κ3) is 3.09. The molecule has 2 unspecified atom stereocenters. The lowest BCUT2D eigenvalue weighted by Gasteiger charge is -2.26. The van der Waals surface area contributed by atoms with Crippen molar-refractivity contribution in [2.45, 2.75) is 32.6 Å². The zero-order valence-electron chi connectivity index (χ0n) is 7.29. The molecule has 0 aromatic rings. The van der Waals surface area contributed by atoms with Gasteiger partial charge in [-0.15, -0.1) is 3.89 Å². The topological polar surface area (TPSA) is 34.1 Å². The van der Waals surface area contributed by atoms with E-state index in [0.29, 0.717) is 5.92 Å². The maximum absolute atomic E-state index is 12.3. The molecule has 0 aliphatic heterocycles. The maximum atomic E-state index is 12.3. The first-order valence-electron chi connectivity index (χ1n) is 4.41. The Balaban J connectivity index is 2.50. The Kier molecular flexibility index (Phi) is 3.09. The van der Waals surface area contributed by atoms with Crippen molar-refractivity contribution in [3.8, 4) is 0 Å². The van der Waals surface area contributed by atoms with E-state index in [2.05, 4.69) is 0 Å². The van der Waals surface area contributed by atoms with Gasteiger partial charge in [0.2, 0.25) is 0 Å². The van der Waals surface area contributed by atoms with E-state index in [-0.39, 0.29) is 11.7 Å². The van der Waals surface area contributed by atoms with Crippen LogP contribution in [0.15, 0.2) is 0 Å². The average molecular weight is 194 g/mol. The third-order valence-electron chi connectivity index (χ3n) is 2.70. The van der Waals surface area contributed by atoms with Gasteiger partial charge in [0.05, 0.1) is 5.75 Å². The summed E-state index contributed by atoms with van der Waals surface area (Å²) in [4.78, 5) is 0. The van der Waals surface area contributed by atoms with E-state index in [1.807, 2.05) is 6.92 Å². The van der Waals surface area contributed by atoms with Crippen LogP contribution in [0.4, 0.5) is 3.89 Å². The van der Waals surface area contributed by atoms with Crippen LogP contribution in [0.5, 0.6) is 0 Å². The highest BCUT2D eigenvalue weighted by Crippen LogP contribution is 2.30.